The van der Waals surface area contributed by atoms with Gasteiger partial charge in [-0.05, 0) is 35.7 Å². The molecular formula is C17H20ClNO3S. The van der Waals surface area contributed by atoms with E-state index in [-0.39, 0.29) is 11.8 Å². The molecule has 0 amide bonds. The number of hydrogen-bond donors (Lipinski definition) is 1. The van der Waals surface area contributed by atoms with Crippen molar-refractivity contribution in [1.82, 2.24) is 4.72 Å². The van der Waals surface area contributed by atoms with Gasteiger partial charge in [0.05, 0.1) is 12.9 Å². The summed E-state index contributed by atoms with van der Waals surface area (Å²) in [6, 6.07) is 14.0. The minimum atomic E-state index is -3.50. The SMILES string of the molecule is CC[C@@H](NS(=O)(=O)Cc1ccccc1Cl)c1ccc(OC)cc1. The third-order valence-electron chi connectivity index (χ3n) is 3.55. The van der Waals surface area contributed by atoms with Crippen LogP contribution in [0, 0.1) is 0 Å². The number of rotatable bonds is 7. The van der Waals surface area contributed by atoms with Crippen molar-refractivity contribution in [3.8, 4) is 5.75 Å². The summed E-state index contributed by atoms with van der Waals surface area (Å²) in [6.07, 6.45) is 0.647. The normalized spacial score (nSPS) is 12.8. The molecule has 0 bridgehead atoms. The van der Waals surface area contributed by atoms with Crippen LogP contribution in [-0.2, 0) is 15.8 Å². The predicted octanol–water partition coefficient (Wildman–Crippen LogP) is 3.92. The Hall–Kier alpha value is -1.56. The Kier molecular flexibility index (Phi) is 6.04. The maximum Gasteiger partial charge on any atom is 0.216 e. The summed E-state index contributed by atoms with van der Waals surface area (Å²) in [4.78, 5) is 0. The van der Waals surface area contributed by atoms with Crippen LogP contribution < -0.4 is 9.46 Å². The summed E-state index contributed by atoms with van der Waals surface area (Å²) in [5, 5.41) is 0.454. The van der Waals surface area contributed by atoms with Gasteiger partial charge in [-0.2, -0.15) is 0 Å². The smallest absolute Gasteiger partial charge is 0.216 e. The number of sulfonamides is 1. The topological polar surface area (TPSA) is 55.4 Å². The molecule has 124 valence electrons. The lowest BCUT2D eigenvalue weighted by Gasteiger charge is -2.18. The van der Waals surface area contributed by atoms with Crippen LogP contribution in [0.4, 0.5) is 0 Å². The van der Waals surface area contributed by atoms with Crippen LogP contribution in [0.1, 0.15) is 30.5 Å². The van der Waals surface area contributed by atoms with E-state index in [2.05, 4.69) is 4.72 Å². The molecule has 2 rings (SSSR count). The molecule has 23 heavy (non-hydrogen) atoms. The lowest BCUT2D eigenvalue weighted by Crippen LogP contribution is -2.29. The molecule has 6 heteroatoms. The second kappa shape index (κ2) is 7.81. The molecular weight excluding hydrogens is 334 g/mol. The van der Waals surface area contributed by atoms with Crippen molar-refractivity contribution >= 4 is 21.6 Å². The fourth-order valence-electron chi connectivity index (χ4n) is 2.30. The highest BCUT2D eigenvalue weighted by molar-refractivity contribution is 7.88. The van der Waals surface area contributed by atoms with Crippen LogP contribution in [0.5, 0.6) is 5.75 Å². The van der Waals surface area contributed by atoms with Gasteiger partial charge < -0.3 is 4.74 Å². The fraction of sp³-hybridized carbons (Fsp3) is 0.294. The van der Waals surface area contributed by atoms with Crippen LogP contribution in [0.15, 0.2) is 48.5 Å². The first-order valence-electron chi connectivity index (χ1n) is 7.32. The van der Waals surface area contributed by atoms with Gasteiger partial charge in [0, 0.05) is 11.1 Å². The van der Waals surface area contributed by atoms with Gasteiger partial charge in [-0.3, -0.25) is 0 Å². The van der Waals surface area contributed by atoms with E-state index in [1.165, 1.54) is 0 Å². The number of halogens is 1. The van der Waals surface area contributed by atoms with E-state index in [9.17, 15) is 8.42 Å². The summed E-state index contributed by atoms with van der Waals surface area (Å²) >= 11 is 6.04. The Balaban J connectivity index is 2.14. The second-order valence-corrected chi connectivity index (χ2v) is 7.36. The number of nitrogens with one attached hydrogen (secondary N) is 1. The molecule has 4 nitrogen and oxygen atoms in total. The van der Waals surface area contributed by atoms with Gasteiger partial charge in [-0.1, -0.05) is 48.9 Å². The molecule has 0 saturated heterocycles. The van der Waals surface area contributed by atoms with Crippen LogP contribution in [0.3, 0.4) is 0 Å². The number of methoxy groups -OCH3 is 1. The van der Waals surface area contributed by atoms with E-state index in [0.29, 0.717) is 17.0 Å². The Labute approximate surface area is 142 Å². The molecule has 0 unspecified atom stereocenters. The van der Waals surface area contributed by atoms with Gasteiger partial charge >= 0.3 is 0 Å². The van der Waals surface area contributed by atoms with Crippen molar-refractivity contribution in [2.45, 2.75) is 25.1 Å². The third kappa shape index (κ3) is 4.96. The first-order valence-corrected chi connectivity index (χ1v) is 9.35. The summed E-state index contributed by atoms with van der Waals surface area (Å²) < 4.78 is 32.7. The fourth-order valence-corrected chi connectivity index (χ4v) is 4.06. The second-order valence-electron chi connectivity index (χ2n) is 5.20. The van der Waals surface area contributed by atoms with Crippen LogP contribution >= 0.6 is 11.6 Å². The summed E-state index contributed by atoms with van der Waals surface area (Å²) in [7, 11) is -1.90. The van der Waals surface area contributed by atoms with Gasteiger partial charge in [-0.15, -0.1) is 0 Å². The van der Waals surface area contributed by atoms with Crippen molar-refractivity contribution < 1.29 is 13.2 Å². The van der Waals surface area contributed by atoms with Crippen LogP contribution in [-0.4, -0.2) is 15.5 Å². The number of benzene rings is 2. The Morgan fingerprint density at radius 2 is 1.78 bits per heavy atom. The molecule has 0 aliphatic heterocycles. The standard InChI is InChI=1S/C17H20ClNO3S/c1-3-17(13-8-10-15(22-2)11-9-13)19-23(20,21)12-14-6-4-5-7-16(14)18/h4-11,17,19H,3,12H2,1-2H3/t17-/m1/s1. The van der Waals surface area contributed by atoms with E-state index < -0.39 is 10.0 Å². The van der Waals surface area contributed by atoms with Crippen molar-refractivity contribution in [2.75, 3.05) is 7.11 Å². The zero-order valence-corrected chi connectivity index (χ0v) is 14.7. The molecule has 2 aromatic carbocycles. The van der Waals surface area contributed by atoms with E-state index in [1.54, 1.807) is 31.4 Å². The van der Waals surface area contributed by atoms with E-state index in [1.807, 2.05) is 31.2 Å². The lowest BCUT2D eigenvalue weighted by molar-refractivity contribution is 0.414. The molecule has 2 aromatic rings. The van der Waals surface area contributed by atoms with Crippen molar-refractivity contribution in [1.29, 1.82) is 0 Å². The van der Waals surface area contributed by atoms with Gasteiger partial charge in [0.25, 0.3) is 0 Å². The highest BCUT2D eigenvalue weighted by atomic mass is 35.5. The largest absolute Gasteiger partial charge is 0.497 e. The van der Waals surface area contributed by atoms with Gasteiger partial charge in [0.15, 0.2) is 0 Å². The molecule has 0 radical (unpaired) electrons. The van der Waals surface area contributed by atoms with Crippen molar-refractivity contribution in [3.63, 3.8) is 0 Å². The van der Waals surface area contributed by atoms with Crippen molar-refractivity contribution in [3.05, 3.63) is 64.7 Å². The molecule has 0 aromatic heterocycles. The minimum absolute atomic E-state index is 0.140. The molecule has 0 aliphatic carbocycles. The Bertz CT molecular complexity index is 745. The summed E-state index contributed by atoms with van der Waals surface area (Å²) in [5.41, 5.74) is 1.49. The van der Waals surface area contributed by atoms with Crippen LogP contribution in [0.2, 0.25) is 5.02 Å². The first kappa shape index (κ1) is 17.8. The summed E-state index contributed by atoms with van der Waals surface area (Å²) in [6.45, 7) is 1.94. The van der Waals surface area contributed by atoms with Crippen molar-refractivity contribution in [2.24, 2.45) is 0 Å². The maximum absolute atomic E-state index is 12.4. The lowest BCUT2D eigenvalue weighted by atomic mass is 10.1. The highest BCUT2D eigenvalue weighted by Crippen LogP contribution is 2.23. The van der Waals surface area contributed by atoms with Gasteiger partial charge in [-0.25, -0.2) is 13.1 Å². The molecule has 1 atom stereocenters. The third-order valence-corrected chi connectivity index (χ3v) is 5.26. The van der Waals surface area contributed by atoms with E-state index >= 15 is 0 Å². The molecule has 0 saturated carbocycles. The predicted molar refractivity (Wildman–Crippen MR) is 93.2 cm³/mol. The average molecular weight is 354 g/mol. The molecule has 1 N–H and O–H groups in total. The summed E-state index contributed by atoms with van der Waals surface area (Å²) in [5.74, 6) is 0.599. The van der Waals surface area contributed by atoms with Gasteiger partial charge in [0.1, 0.15) is 5.75 Å². The molecule has 0 aliphatic rings. The average Bonchev–Trinajstić information content (AvgIpc) is 2.55. The van der Waals surface area contributed by atoms with Gasteiger partial charge in [0.2, 0.25) is 10.0 Å². The van der Waals surface area contributed by atoms with E-state index in [0.717, 1.165) is 11.3 Å². The zero-order chi connectivity index (χ0) is 16.9. The molecule has 0 spiro atoms. The maximum atomic E-state index is 12.4. The Morgan fingerprint density at radius 1 is 1.13 bits per heavy atom. The minimum Gasteiger partial charge on any atom is -0.497 e. The molecule has 0 fully saturated rings. The van der Waals surface area contributed by atoms with Crippen LogP contribution in [0.25, 0.3) is 0 Å². The first-order chi connectivity index (χ1) is 10.9. The number of hydrogen-bond acceptors (Lipinski definition) is 3. The highest BCUT2D eigenvalue weighted by Gasteiger charge is 2.19. The number of ether oxygens (including phenoxy) is 1. The quantitative estimate of drug-likeness (QED) is 0.820. The monoisotopic (exact) mass is 353 g/mol. The van der Waals surface area contributed by atoms with E-state index in [4.69, 9.17) is 16.3 Å². The Morgan fingerprint density at radius 3 is 2.35 bits per heavy atom. The molecule has 0 heterocycles. The zero-order valence-electron chi connectivity index (χ0n) is 13.1.